The van der Waals surface area contributed by atoms with Gasteiger partial charge in [0, 0.05) is 17.5 Å². The molecule has 0 spiro atoms. The number of nitrogens with one attached hydrogen (secondary N) is 1. The van der Waals surface area contributed by atoms with Gasteiger partial charge in [-0.1, -0.05) is 0 Å². The van der Waals surface area contributed by atoms with Gasteiger partial charge in [0.15, 0.2) is 0 Å². The first kappa shape index (κ1) is 9.71. The molecule has 68 valence electrons. The van der Waals surface area contributed by atoms with Crippen molar-refractivity contribution in [3.05, 3.63) is 21.9 Å². The second kappa shape index (κ2) is 4.60. The van der Waals surface area contributed by atoms with Crippen LogP contribution in [0, 0.1) is 6.92 Å². The standard InChI is InChI=1S/C9H15NOS/c1-7-4-6-12-9(7)8(10-2)3-5-11/h4,6,8,10-11H,3,5H2,1-2H3. The maximum Gasteiger partial charge on any atom is 0.0449 e. The quantitative estimate of drug-likeness (QED) is 0.748. The molecule has 0 aromatic carbocycles. The Kier molecular flexibility index (Phi) is 3.72. The van der Waals surface area contributed by atoms with Gasteiger partial charge in [-0.3, -0.25) is 0 Å². The highest BCUT2D eigenvalue weighted by atomic mass is 32.1. The minimum absolute atomic E-state index is 0.239. The van der Waals surface area contributed by atoms with Gasteiger partial charge < -0.3 is 10.4 Å². The van der Waals surface area contributed by atoms with Crippen molar-refractivity contribution >= 4 is 11.3 Å². The van der Waals surface area contributed by atoms with Gasteiger partial charge in [0.1, 0.15) is 0 Å². The number of aliphatic hydroxyl groups is 1. The third-order valence-electron chi connectivity index (χ3n) is 1.98. The Bertz CT molecular complexity index is 234. The van der Waals surface area contributed by atoms with Crippen LogP contribution in [0.5, 0.6) is 0 Å². The maximum absolute atomic E-state index is 8.82. The lowest BCUT2D eigenvalue weighted by Crippen LogP contribution is -2.17. The average Bonchev–Trinajstić information content (AvgIpc) is 2.47. The molecule has 0 saturated carbocycles. The predicted octanol–water partition coefficient (Wildman–Crippen LogP) is 1.70. The zero-order chi connectivity index (χ0) is 8.97. The van der Waals surface area contributed by atoms with E-state index in [-0.39, 0.29) is 6.61 Å². The van der Waals surface area contributed by atoms with Crippen LogP contribution in [0.3, 0.4) is 0 Å². The Morgan fingerprint density at radius 3 is 2.83 bits per heavy atom. The largest absolute Gasteiger partial charge is 0.396 e. The van der Waals surface area contributed by atoms with Crippen LogP contribution in [0.1, 0.15) is 22.9 Å². The summed E-state index contributed by atoms with van der Waals surface area (Å²) in [6.07, 6.45) is 0.790. The van der Waals surface area contributed by atoms with E-state index < -0.39 is 0 Å². The lowest BCUT2D eigenvalue weighted by Gasteiger charge is -2.13. The number of rotatable bonds is 4. The number of hydrogen-bond acceptors (Lipinski definition) is 3. The van der Waals surface area contributed by atoms with Crippen LogP contribution in [-0.2, 0) is 0 Å². The third-order valence-corrected chi connectivity index (χ3v) is 3.12. The van der Waals surface area contributed by atoms with Gasteiger partial charge in [0.2, 0.25) is 0 Å². The molecular formula is C9H15NOS. The van der Waals surface area contributed by atoms with Crippen molar-refractivity contribution in [3.63, 3.8) is 0 Å². The first-order chi connectivity index (χ1) is 5.79. The first-order valence-electron chi connectivity index (χ1n) is 4.11. The highest BCUT2D eigenvalue weighted by Gasteiger charge is 2.11. The predicted molar refractivity (Wildman–Crippen MR) is 52.6 cm³/mol. The minimum Gasteiger partial charge on any atom is -0.396 e. The Morgan fingerprint density at radius 1 is 1.67 bits per heavy atom. The van der Waals surface area contributed by atoms with Crippen LogP contribution >= 0.6 is 11.3 Å². The van der Waals surface area contributed by atoms with Crippen LogP contribution in [0.4, 0.5) is 0 Å². The molecule has 12 heavy (non-hydrogen) atoms. The normalized spacial score (nSPS) is 13.2. The van der Waals surface area contributed by atoms with E-state index in [1.807, 2.05) is 7.05 Å². The monoisotopic (exact) mass is 185 g/mol. The zero-order valence-electron chi connectivity index (χ0n) is 7.50. The Labute approximate surface area is 77.2 Å². The summed E-state index contributed by atoms with van der Waals surface area (Å²) in [6, 6.07) is 2.43. The van der Waals surface area contributed by atoms with E-state index in [9.17, 15) is 0 Å². The SMILES string of the molecule is CNC(CCO)c1sccc1C. The number of aryl methyl sites for hydroxylation is 1. The summed E-state index contributed by atoms with van der Waals surface area (Å²) in [5.41, 5.74) is 1.31. The first-order valence-corrected chi connectivity index (χ1v) is 4.99. The fourth-order valence-corrected chi connectivity index (χ4v) is 2.35. The molecule has 0 aliphatic heterocycles. The van der Waals surface area contributed by atoms with Crippen molar-refractivity contribution in [2.75, 3.05) is 13.7 Å². The van der Waals surface area contributed by atoms with Crippen molar-refractivity contribution in [1.29, 1.82) is 0 Å². The van der Waals surface area contributed by atoms with Gasteiger partial charge in [-0.15, -0.1) is 11.3 Å². The van der Waals surface area contributed by atoms with Crippen LogP contribution in [0.2, 0.25) is 0 Å². The second-order valence-electron chi connectivity index (χ2n) is 2.82. The van der Waals surface area contributed by atoms with Crippen LogP contribution in [-0.4, -0.2) is 18.8 Å². The Balaban J connectivity index is 2.72. The molecule has 1 aromatic heterocycles. The molecule has 0 fully saturated rings. The van der Waals surface area contributed by atoms with Gasteiger partial charge in [0.05, 0.1) is 0 Å². The van der Waals surface area contributed by atoms with Gasteiger partial charge in [0.25, 0.3) is 0 Å². The van der Waals surface area contributed by atoms with Crippen molar-refractivity contribution in [3.8, 4) is 0 Å². The fourth-order valence-electron chi connectivity index (χ4n) is 1.28. The third kappa shape index (κ3) is 2.06. The molecule has 0 bridgehead atoms. The fraction of sp³-hybridized carbons (Fsp3) is 0.556. The molecule has 0 radical (unpaired) electrons. The molecule has 1 atom stereocenters. The van der Waals surface area contributed by atoms with Gasteiger partial charge >= 0.3 is 0 Å². The molecule has 3 heteroatoms. The van der Waals surface area contributed by atoms with Crippen molar-refractivity contribution in [2.45, 2.75) is 19.4 Å². The molecule has 0 amide bonds. The molecule has 2 N–H and O–H groups in total. The lowest BCUT2D eigenvalue weighted by atomic mass is 10.1. The zero-order valence-corrected chi connectivity index (χ0v) is 8.32. The van der Waals surface area contributed by atoms with Gasteiger partial charge in [-0.05, 0) is 37.4 Å². The molecule has 0 saturated heterocycles. The molecule has 0 aliphatic carbocycles. The van der Waals surface area contributed by atoms with Gasteiger partial charge in [-0.25, -0.2) is 0 Å². The topological polar surface area (TPSA) is 32.3 Å². The number of thiophene rings is 1. The summed E-state index contributed by atoms with van der Waals surface area (Å²) in [6.45, 7) is 2.34. The molecule has 1 heterocycles. The summed E-state index contributed by atoms with van der Waals surface area (Å²) in [5.74, 6) is 0. The van der Waals surface area contributed by atoms with E-state index in [4.69, 9.17) is 5.11 Å². The molecule has 1 unspecified atom stereocenters. The van der Waals surface area contributed by atoms with Crippen LogP contribution in [0.15, 0.2) is 11.4 Å². The average molecular weight is 185 g/mol. The Morgan fingerprint density at radius 2 is 2.42 bits per heavy atom. The number of hydrogen-bond donors (Lipinski definition) is 2. The summed E-state index contributed by atoms with van der Waals surface area (Å²) < 4.78 is 0. The summed E-state index contributed by atoms with van der Waals surface area (Å²) in [7, 11) is 1.93. The van der Waals surface area contributed by atoms with E-state index in [0.29, 0.717) is 6.04 Å². The lowest BCUT2D eigenvalue weighted by molar-refractivity contribution is 0.269. The van der Waals surface area contributed by atoms with Crippen molar-refractivity contribution in [1.82, 2.24) is 5.32 Å². The highest BCUT2D eigenvalue weighted by molar-refractivity contribution is 7.10. The van der Waals surface area contributed by atoms with Gasteiger partial charge in [-0.2, -0.15) is 0 Å². The minimum atomic E-state index is 0.239. The maximum atomic E-state index is 8.82. The molecule has 0 aliphatic rings. The van der Waals surface area contributed by atoms with Crippen molar-refractivity contribution in [2.24, 2.45) is 0 Å². The van der Waals surface area contributed by atoms with E-state index >= 15 is 0 Å². The van der Waals surface area contributed by atoms with Crippen LogP contribution in [0.25, 0.3) is 0 Å². The highest BCUT2D eigenvalue weighted by Crippen LogP contribution is 2.25. The molecule has 1 aromatic rings. The smallest absolute Gasteiger partial charge is 0.0449 e. The summed E-state index contributed by atoms with van der Waals surface area (Å²) >= 11 is 1.75. The number of aliphatic hydroxyl groups excluding tert-OH is 1. The van der Waals surface area contributed by atoms with E-state index in [1.165, 1.54) is 10.4 Å². The summed E-state index contributed by atoms with van der Waals surface area (Å²) in [5, 5.41) is 14.1. The molecule has 2 nitrogen and oxygen atoms in total. The Hall–Kier alpha value is -0.380. The molecular weight excluding hydrogens is 170 g/mol. The van der Waals surface area contributed by atoms with E-state index in [2.05, 4.69) is 23.7 Å². The van der Waals surface area contributed by atoms with Crippen LogP contribution < -0.4 is 5.32 Å². The summed E-state index contributed by atoms with van der Waals surface area (Å²) in [4.78, 5) is 1.34. The second-order valence-corrected chi connectivity index (χ2v) is 3.77. The van der Waals surface area contributed by atoms with E-state index in [1.54, 1.807) is 11.3 Å². The van der Waals surface area contributed by atoms with E-state index in [0.717, 1.165) is 6.42 Å². The molecule has 1 rings (SSSR count). The van der Waals surface area contributed by atoms with Crippen molar-refractivity contribution < 1.29 is 5.11 Å².